The highest BCUT2D eigenvalue weighted by atomic mass is 16.4. The summed E-state index contributed by atoms with van der Waals surface area (Å²) in [6.45, 7) is 3.71. The van der Waals surface area contributed by atoms with Gasteiger partial charge in [0.25, 0.3) is 0 Å². The Morgan fingerprint density at radius 1 is 1.39 bits per heavy atom. The number of hydrogen-bond donors (Lipinski definition) is 4. The number of dihydropyridines is 1. The van der Waals surface area contributed by atoms with Gasteiger partial charge >= 0.3 is 12.0 Å². The Bertz CT molecular complexity index is 709. The van der Waals surface area contributed by atoms with E-state index in [4.69, 9.17) is 5.73 Å². The quantitative estimate of drug-likeness (QED) is 0.530. The molecule has 3 amide bonds. The van der Waals surface area contributed by atoms with Crippen molar-refractivity contribution in [3.63, 3.8) is 0 Å². The molecule has 8 nitrogen and oxygen atoms in total. The maximum atomic E-state index is 12.6. The lowest BCUT2D eigenvalue weighted by Gasteiger charge is -2.44. The Hall–Kier alpha value is -2.35. The van der Waals surface area contributed by atoms with Crippen LogP contribution in [0.1, 0.15) is 52.4 Å². The number of allylic oxidation sites excluding steroid dienone is 2. The Morgan fingerprint density at radius 2 is 2.07 bits per heavy atom. The van der Waals surface area contributed by atoms with Crippen LogP contribution in [0.15, 0.2) is 23.9 Å². The minimum atomic E-state index is -1.17. The van der Waals surface area contributed by atoms with Crippen molar-refractivity contribution >= 4 is 17.9 Å². The molecule has 154 valence electrons. The SMILES string of the molecule is C[C@@H](NC(=O)N1C(=O)[C@H](CC2=C[C@@](C)(N)NC=C2)[C@H]1C(=O)O)C1CCCCC1. The topological polar surface area (TPSA) is 125 Å². The predicted octanol–water partition coefficient (Wildman–Crippen LogP) is 1.68. The first kappa shape index (κ1) is 20.4. The van der Waals surface area contributed by atoms with Gasteiger partial charge in [0.2, 0.25) is 5.91 Å². The number of carbonyl (C=O) groups excluding carboxylic acids is 2. The van der Waals surface area contributed by atoms with Crippen molar-refractivity contribution in [3.05, 3.63) is 23.9 Å². The molecule has 0 aromatic rings. The molecule has 0 unspecified atom stereocenters. The summed E-state index contributed by atoms with van der Waals surface area (Å²) in [7, 11) is 0. The fourth-order valence-corrected chi connectivity index (χ4v) is 4.46. The number of nitrogens with one attached hydrogen (secondary N) is 2. The van der Waals surface area contributed by atoms with Gasteiger partial charge in [-0.15, -0.1) is 0 Å². The number of carbonyl (C=O) groups is 3. The molecule has 4 atom stereocenters. The largest absolute Gasteiger partial charge is 0.480 e. The number of aliphatic carboxylic acids is 1. The highest BCUT2D eigenvalue weighted by molar-refractivity contribution is 6.07. The fourth-order valence-electron chi connectivity index (χ4n) is 4.46. The predicted molar refractivity (Wildman–Crippen MR) is 104 cm³/mol. The maximum Gasteiger partial charge on any atom is 0.327 e. The molecule has 1 aliphatic carbocycles. The summed E-state index contributed by atoms with van der Waals surface area (Å²) in [5, 5.41) is 15.4. The molecule has 2 heterocycles. The smallest absolute Gasteiger partial charge is 0.327 e. The van der Waals surface area contributed by atoms with E-state index in [9.17, 15) is 19.5 Å². The third kappa shape index (κ3) is 4.22. The number of hydrogen-bond acceptors (Lipinski definition) is 5. The Balaban J connectivity index is 1.65. The van der Waals surface area contributed by atoms with Crippen molar-refractivity contribution in [2.24, 2.45) is 17.6 Å². The van der Waals surface area contributed by atoms with E-state index >= 15 is 0 Å². The highest BCUT2D eigenvalue weighted by Crippen LogP contribution is 2.34. The highest BCUT2D eigenvalue weighted by Gasteiger charge is 2.55. The number of rotatable bonds is 5. The molecule has 8 heteroatoms. The van der Waals surface area contributed by atoms with E-state index in [-0.39, 0.29) is 12.5 Å². The molecule has 0 radical (unpaired) electrons. The average molecular weight is 390 g/mol. The summed E-state index contributed by atoms with van der Waals surface area (Å²) in [4.78, 5) is 37.9. The van der Waals surface area contributed by atoms with Gasteiger partial charge in [0.05, 0.1) is 5.92 Å². The fraction of sp³-hybridized carbons (Fsp3) is 0.650. The molecule has 0 aromatic carbocycles. The summed E-state index contributed by atoms with van der Waals surface area (Å²) in [5.74, 6) is -2.01. The van der Waals surface area contributed by atoms with Crippen molar-refractivity contribution in [3.8, 4) is 0 Å². The van der Waals surface area contributed by atoms with Crippen molar-refractivity contribution in [2.75, 3.05) is 0 Å². The van der Waals surface area contributed by atoms with Crippen molar-refractivity contribution in [1.29, 1.82) is 0 Å². The van der Waals surface area contributed by atoms with Crippen LogP contribution in [0.5, 0.6) is 0 Å². The Morgan fingerprint density at radius 3 is 2.68 bits per heavy atom. The van der Waals surface area contributed by atoms with E-state index in [1.807, 2.05) is 6.92 Å². The molecule has 0 spiro atoms. The summed E-state index contributed by atoms with van der Waals surface area (Å²) in [6.07, 6.45) is 11.1. The Kier molecular flexibility index (Phi) is 5.79. The van der Waals surface area contributed by atoms with Crippen LogP contribution >= 0.6 is 0 Å². The van der Waals surface area contributed by atoms with E-state index in [0.717, 1.165) is 36.2 Å². The number of urea groups is 1. The van der Waals surface area contributed by atoms with Crippen molar-refractivity contribution < 1.29 is 19.5 Å². The van der Waals surface area contributed by atoms with Gasteiger partial charge in [-0.3, -0.25) is 4.79 Å². The molecule has 28 heavy (non-hydrogen) atoms. The van der Waals surface area contributed by atoms with Gasteiger partial charge in [-0.1, -0.05) is 19.3 Å². The number of carboxylic acids is 1. The standard InChI is InChI=1S/C20H30N4O4/c1-12(14-6-4-3-5-7-14)23-19(28)24-16(18(26)27)15(17(24)25)10-13-8-9-22-20(2,21)11-13/h8-9,11-12,14-16,22H,3-7,10,21H2,1-2H3,(H,23,28)(H,26,27)/t12-,15-,16+,20+/m1/s1. The number of β-lactam (4-membered cyclic amide) rings is 1. The van der Waals surface area contributed by atoms with Crippen LogP contribution in [0.3, 0.4) is 0 Å². The number of imide groups is 1. The van der Waals surface area contributed by atoms with Crippen molar-refractivity contribution in [1.82, 2.24) is 15.5 Å². The monoisotopic (exact) mass is 390 g/mol. The zero-order chi connectivity index (χ0) is 20.5. The van der Waals surface area contributed by atoms with Gasteiger partial charge in [-0.2, -0.15) is 0 Å². The van der Waals surface area contributed by atoms with Crippen LogP contribution < -0.4 is 16.4 Å². The summed E-state index contributed by atoms with van der Waals surface area (Å²) in [6, 6.07) is -1.84. The van der Waals surface area contributed by atoms with E-state index in [2.05, 4.69) is 10.6 Å². The third-order valence-corrected chi connectivity index (χ3v) is 6.03. The molecule has 2 fully saturated rings. The molecule has 2 aliphatic heterocycles. The van der Waals surface area contributed by atoms with Crippen LogP contribution in [-0.2, 0) is 9.59 Å². The third-order valence-electron chi connectivity index (χ3n) is 6.03. The number of nitrogens with zero attached hydrogens (tertiary/aromatic N) is 1. The maximum absolute atomic E-state index is 12.6. The molecule has 0 aromatic heterocycles. The molecule has 0 bridgehead atoms. The van der Waals surface area contributed by atoms with Crippen LogP contribution in [0, 0.1) is 11.8 Å². The van der Waals surface area contributed by atoms with E-state index < -0.39 is 35.5 Å². The summed E-state index contributed by atoms with van der Waals surface area (Å²) < 4.78 is 0. The normalized spacial score (nSPS) is 31.5. The van der Waals surface area contributed by atoms with Gasteiger partial charge in [-0.05, 0) is 63.0 Å². The zero-order valence-corrected chi connectivity index (χ0v) is 16.5. The lowest BCUT2D eigenvalue weighted by molar-refractivity contribution is -0.165. The van der Waals surface area contributed by atoms with Gasteiger partial charge in [-0.25, -0.2) is 14.5 Å². The average Bonchev–Trinajstić information content (AvgIpc) is 2.63. The second-order valence-corrected chi connectivity index (χ2v) is 8.42. The molecule has 1 saturated carbocycles. The van der Waals surface area contributed by atoms with Crippen LogP contribution in [0.25, 0.3) is 0 Å². The zero-order valence-electron chi connectivity index (χ0n) is 16.5. The second kappa shape index (κ2) is 7.95. The summed E-state index contributed by atoms with van der Waals surface area (Å²) >= 11 is 0. The van der Waals surface area contributed by atoms with Crippen LogP contribution in [0.4, 0.5) is 4.79 Å². The minimum Gasteiger partial charge on any atom is -0.480 e. The van der Waals surface area contributed by atoms with E-state index in [1.54, 1.807) is 25.3 Å². The Labute approximate surface area is 165 Å². The van der Waals surface area contributed by atoms with E-state index in [1.165, 1.54) is 6.42 Å². The van der Waals surface area contributed by atoms with Gasteiger partial charge in [0, 0.05) is 6.04 Å². The molecule has 1 saturated heterocycles. The lowest BCUT2D eigenvalue weighted by Crippen LogP contribution is -2.69. The molecular formula is C20H30N4O4. The molecule has 3 aliphatic rings. The minimum absolute atomic E-state index is 0.0814. The summed E-state index contributed by atoms with van der Waals surface area (Å²) in [5.41, 5.74) is 6.05. The number of carboxylic acid groups (broad SMARTS) is 1. The first-order valence-corrected chi connectivity index (χ1v) is 10.0. The van der Waals surface area contributed by atoms with Gasteiger partial charge in [0.15, 0.2) is 6.04 Å². The molecule has 5 N–H and O–H groups in total. The van der Waals surface area contributed by atoms with Gasteiger partial charge in [0.1, 0.15) is 5.66 Å². The van der Waals surface area contributed by atoms with Crippen LogP contribution in [-0.4, -0.2) is 45.7 Å². The lowest BCUT2D eigenvalue weighted by atomic mass is 9.81. The number of likely N-dealkylation sites (tertiary alicyclic amines) is 1. The first-order chi connectivity index (χ1) is 13.2. The number of nitrogens with two attached hydrogens (primary N) is 1. The van der Waals surface area contributed by atoms with Crippen molar-refractivity contribution in [2.45, 2.75) is 70.1 Å². The second-order valence-electron chi connectivity index (χ2n) is 8.42. The molecule has 3 rings (SSSR count). The van der Waals surface area contributed by atoms with E-state index in [0.29, 0.717) is 5.92 Å². The molecular weight excluding hydrogens is 360 g/mol. The number of amides is 3. The van der Waals surface area contributed by atoms with Crippen LogP contribution in [0.2, 0.25) is 0 Å². The first-order valence-electron chi connectivity index (χ1n) is 10.0. The van der Waals surface area contributed by atoms with Gasteiger partial charge < -0.3 is 21.5 Å².